The first-order valence-electron chi connectivity index (χ1n) is 11.1. The summed E-state index contributed by atoms with van der Waals surface area (Å²) >= 11 is 1.54. The summed E-state index contributed by atoms with van der Waals surface area (Å²) in [7, 11) is 0. The number of carboxylic acid groups (broad SMARTS) is 1. The number of alkyl carbamates (subject to hydrolysis) is 1. The first-order valence-corrected chi connectivity index (χ1v) is 12.5. The van der Waals surface area contributed by atoms with Crippen LogP contribution in [0, 0.1) is 11.8 Å². The molecular formula is C25H28N2O5S. The topological polar surface area (TPSA) is 105 Å². The summed E-state index contributed by atoms with van der Waals surface area (Å²) in [6.45, 7) is 0.571. The summed E-state index contributed by atoms with van der Waals surface area (Å²) in [6.07, 6.45) is 2.40. The Balaban J connectivity index is 1.24. The van der Waals surface area contributed by atoms with Crippen LogP contribution in [0.1, 0.15) is 29.9 Å². The molecular weight excluding hydrogens is 440 g/mol. The van der Waals surface area contributed by atoms with E-state index in [0.717, 1.165) is 11.1 Å². The van der Waals surface area contributed by atoms with Crippen molar-refractivity contribution < 1.29 is 24.2 Å². The van der Waals surface area contributed by atoms with Crippen molar-refractivity contribution in [3.63, 3.8) is 0 Å². The molecule has 2 aromatic carbocycles. The van der Waals surface area contributed by atoms with Gasteiger partial charge >= 0.3 is 12.1 Å². The Labute approximate surface area is 197 Å². The van der Waals surface area contributed by atoms with Crippen molar-refractivity contribution in [1.29, 1.82) is 0 Å². The standard InChI is InChI=1S/C25H28N2O5S/c1-33-11-10-22(24(29)30)27-23(28)20-12-15(20)13-26-25(31)32-14-21-18-8-4-2-6-16(18)17-7-3-5-9-19(17)21/h2-9,15,20-22H,10-14H2,1H3,(H,26,31)(H,27,28)(H,29,30)/t15-,20-,22+/m1/s1. The van der Waals surface area contributed by atoms with E-state index in [2.05, 4.69) is 34.9 Å². The Bertz CT molecular complexity index is 997. The van der Waals surface area contributed by atoms with Crippen LogP contribution in [-0.2, 0) is 14.3 Å². The molecule has 7 nitrogen and oxygen atoms in total. The van der Waals surface area contributed by atoms with Crippen LogP contribution >= 0.6 is 11.8 Å². The number of nitrogens with one attached hydrogen (secondary N) is 2. The van der Waals surface area contributed by atoms with Gasteiger partial charge in [0, 0.05) is 18.4 Å². The second-order valence-electron chi connectivity index (χ2n) is 8.49. The fraction of sp³-hybridized carbons (Fsp3) is 0.400. The highest BCUT2D eigenvalue weighted by molar-refractivity contribution is 7.98. The maximum atomic E-state index is 12.3. The lowest BCUT2D eigenvalue weighted by atomic mass is 9.98. The second kappa shape index (κ2) is 10.3. The first-order chi connectivity index (χ1) is 16.0. The van der Waals surface area contributed by atoms with E-state index in [1.807, 2.05) is 30.5 Å². The molecule has 3 atom stereocenters. The molecule has 4 rings (SSSR count). The first kappa shape index (κ1) is 23.2. The third kappa shape index (κ3) is 5.33. The van der Waals surface area contributed by atoms with Crippen LogP contribution in [0.5, 0.6) is 0 Å². The van der Waals surface area contributed by atoms with Crippen molar-refractivity contribution in [3.8, 4) is 11.1 Å². The minimum atomic E-state index is -1.02. The Hall–Kier alpha value is -3.00. The molecule has 3 N–H and O–H groups in total. The molecule has 0 radical (unpaired) electrons. The number of aliphatic carboxylic acids is 1. The SMILES string of the molecule is CSCC[C@H](NC(=O)[C@@H]1C[C@@H]1CNC(=O)OCC1c2ccccc2-c2ccccc21)C(=O)O. The highest BCUT2D eigenvalue weighted by atomic mass is 32.2. The highest BCUT2D eigenvalue weighted by Crippen LogP contribution is 2.44. The molecule has 0 spiro atoms. The van der Waals surface area contributed by atoms with Crippen LogP contribution in [0.4, 0.5) is 4.79 Å². The van der Waals surface area contributed by atoms with Crippen molar-refractivity contribution in [1.82, 2.24) is 10.6 Å². The van der Waals surface area contributed by atoms with E-state index in [0.29, 0.717) is 25.1 Å². The van der Waals surface area contributed by atoms with Gasteiger partial charge in [-0.3, -0.25) is 4.79 Å². The number of hydrogen-bond acceptors (Lipinski definition) is 5. The van der Waals surface area contributed by atoms with Gasteiger partial charge in [0.1, 0.15) is 12.6 Å². The van der Waals surface area contributed by atoms with Crippen LogP contribution in [0.15, 0.2) is 48.5 Å². The molecule has 0 saturated heterocycles. The van der Waals surface area contributed by atoms with Gasteiger partial charge in [0.15, 0.2) is 0 Å². The third-order valence-electron chi connectivity index (χ3n) is 6.34. The van der Waals surface area contributed by atoms with Crippen LogP contribution < -0.4 is 10.6 Å². The second-order valence-corrected chi connectivity index (χ2v) is 9.48. The summed E-state index contributed by atoms with van der Waals surface area (Å²) < 4.78 is 5.52. The summed E-state index contributed by atoms with van der Waals surface area (Å²) in [4.78, 5) is 36.0. The van der Waals surface area contributed by atoms with Gasteiger partial charge in [0.2, 0.25) is 5.91 Å². The van der Waals surface area contributed by atoms with Gasteiger partial charge in [-0.05, 0) is 53.0 Å². The number of carbonyl (C=O) groups is 3. The molecule has 33 heavy (non-hydrogen) atoms. The number of thioether (sulfide) groups is 1. The summed E-state index contributed by atoms with van der Waals surface area (Å²) in [5.74, 6) is -0.893. The largest absolute Gasteiger partial charge is 0.480 e. The Morgan fingerprint density at radius 2 is 1.73 bits per heavy atom. The van der Waals surface area contributed by atoms with Gasteiger partial charge in [-0.2, -0.15) is 11.8 Å². The van der Waals surface area contributed by atoms with Crippen molar-refractivity contribution >= 4 is 29.7 Å². The fourth-order valence-corrected chi connectivity index (χ4v) is 4.90. The average molecular weight is 469 g/mol. The van der Waals surface area contributed by atoms with E-state index in [9.17, 15) is 19.5 Å². The molecule has 0 heterocycles. The molecule has 2 aliphatic rings. The Morgan fingerprint density at radius 3 is 2.33 bits per heavy atom. The number of carboxylic acids is 1. The van der Waals surface area contributed by atoms with Crippen LogP contribution in [0.25, 0.3) is 11.1 Å². The molecule has 1 saturated carbocycles. The van der Waals surface area contributed by atoms with Crippen molar-refractivity contribution in [2.24, 2.45) is 11.8 Å². The smallest absolute Gasteiger partial charge is 0.407 e. The quantitative estimate of drug-likeness (QED) is 0.493. The summed E-state index contributed by atoms with van der Waals surface area (Å²) in [6, 6.07) is 15.4. The van der Waals surface area contributed by atoms with Crippen LogP contribution in [0.2, 0.25) is 0 Å². The molecule has 0 aromatic heterocycles. The predicted molar refractivity (Wildman–Crippen MR) is 127 cm³/mol. The number of fused-ring (bicyclic) bond motifs is 3. The summed E-state index contributed by atoms with van der Waals surface area (Å²) in [5, 5.41) is 14.6. The predicted octanol–water partition coefficient (Wildman–Crippen LogP) is 3.48. The van der Waals surface area contributed by atoms with Crippen LogP contribution in [0.3, 0.4) is 0 Å². The van der Waals surface area contributed by atoms with Crippen molar-refractivity contribution in [2.75, 3.05) is 25.2 Å². The zero-order valence-corrected chi connectivity index (χ0v) is 19.3. The fourth-order valence-electron chi connectivity index (χ4n) is 4.43. The molecule has 2 aliphatic carbocycles. The molecule has 2 amide bonds. The Kier molecular flexibility index (Phi) is 7.23. The number of amides is 2. The average Bonchev–Trinajstić information content (AvgIpc) is 3.54. The van der Waals surface area contributed by atoms with E-state index in [1.54, 1.807) is 11.8 Å². The summed E-state index contributed by atoms with van der Waals surface area (Å²) in [5.41, 5.74) is 4.65. The highest BCUT2D eigenvalue weighted by Gasteiger charge is 2.44. The molecule has 174 valence electrons. The number of rotatable bonds is 10. The lowest BCUT2D eigenvalue weighted by Crippen LogP contribution is -2.42. The van der Waals surface area contributed by atoms with Crippen molar-refractivity contribution in [3.05, 3.63) is 59.7 Å². The minimum Gasteiger partial charge on any atom is -0.480 e. The van der Waals surface area contributed by atoms with E-state index < -0.39 is 18.1 Å². The normalized spacial score (nSPS) is 19.2. The molecule has 2 aromatic rings. The van der Waals surface area contributed by atoms with Crippen molar-refractivity contribution in [2.45, 2.75) is 24.8 Å². The maximum absolute atomic E-state index is 12.3. The van der Waals surface area contributed by atoms with Crippen LogP contribution in [-0.4, -0.2) is 54.3 Å². The molecule has 1 fully saturated rings. The van der Waals surface area contributed by atoms with Gasteiger partial charge in [-0.15, -0.1) is 0 Å². The zero-order valence-electron chi connectivity index (χ0n) is 18.5. The number of benzene rings is 2. The van der Waals surface area contributed by atoms with E-state index >= 15 is 0 Å². The molecule has 0 aliphatic heterocycles. The third-order valence-corrected chi connectivity index (χ3v) is 6.98. The van der Waals surface area contributed by atoms with E-state index in [4.69, 9.17) is 4.74 Å². The van der Waals surface area contributed by atoms with Gasteiger partial charge in [-0.1, -0.05) is 48.5 Å². The zero-order chi connectivity index (χ0) is 23.4. The van der Waals surface area contributed by atoms with Gasteiger partial charge in [-0.25, -0.2) is 9.59 Å². The minimum absolute atomic E-state index is 0.000442. The Morgan fingerprint density at radius 1 is 1.09 bits per heavy atom. The molecule has 8 heteroatoms. The molecule has 0 bridgehead atoms. The number of ether oxygens (including phenoxy) is 1. The molecule has 0 unspecified atom stereocenters. The number of carbonyl (C=O) groups excluding carboxylic acids is 2. The van der Waals surface area contributed by atoms with E-state index in [1.165, 1.54) is 11.1 Å². The number of hydrogen-bond donors (Lipinski definition) is 3. The lowest BCUT2D eigenvalue weighted by molar-refractivity contribution is -0.142. The lowest BCUT2D eigenvalue weighted by Gasteiger charge is -2.15. The van der Waals surface area contributed by atoms with E-state index in [-0.39, 0.29) is 30.3 Å². The van der Waals surface area contributed by atoms with Gasteiger partial charge < -0.3 is 20.5 Å². The maximum Gasteiger partial charge on any atom is 0.407 e. The van der Waals surface area contributed by atoms with Gasteiger partial charge in [0.25, 0.3) is 0 Å². The monoisotopic (exact) mass is 468 g/mol. The van der Waals surface area contributed by atoms with Gasteiger partial charge in [0.05, 0.1) is 0 Å².